The van der Waals surface area contributed by atoms with Crippen LogP contribution in [0.2, 0.25) is 0 Å². The maximum Gasteiger partial charge on any atom is 0.0994 e. The number of nitrogens with zero attached hydrogens (tertiary/aromatic N) is 1. The van der Waals surface area contributed by atoms with E-state index in [1.165, 1.54) is 50.5 Å². The summed E-state index contributed by atoms with van der Waals surface area (Å²) in [5, 5.41) is 9.10. The third-order valence-electron chi connectivity index (χ3n) is 4.62. The van der Waals surface area contributed by atoms with Crippen molar-refractivity contribution in [1.82, 2.24) is 0 Å². The number of rotatable bonds is 5. The van der Waals surface area contributed by atoms with Gasteiger partial charge in [-0.2, -0.15) is 5.26 Å². The lowest BCUT2D eigenvalue weighted by atomic mass is 9.78. The first-order valence-electron chi connectivity index (χ1n) is 7.81. The normalized spacial score (nSPS) is 22.9. The molecule has 2 rings (SSSR count). The molecule has 0 heterocycles. The molecule has 1 aliphatic rings. The van der Waals surface area contributed by atoms with E-state index in [0.29, 0.717) is 0 Å². The van der Waals surface area contributed by atoms with Gasteiger partial charge in [0.2, 0.25) is 0 Å². The molecule has 1 aliphatic carbocycles. The Morgan fingerprint density at radius 1 is 1.05 bits per heavy atom. The van der Waals surface area contributed by atoms with Crippen LogP contribution >= 0.6 is 0 Å². The lowest BCUT2D eigenvalue weighted by Crippen LogP contribution is -2.15. The van der Waals surface area contributed by atoms with Gasteiger partial charge >= 0.3 is 0 Å². The van der Waals surface area contributed by atoms with Crippen LogP contribution < -0.4 is 0 Å². The Labute approximate surface area is 117 Å². The monoisotopic (exact) mass is 255 g/mol. The maximum absolute atomic E-state index is 9.10. The van der Waals surface area contributed by atoms with Crippen molar-refractivity contribution in [1.29, 1.82) is 5.26 Å². The van der Waals surface area contributed by atoms with Gasteiger partial charge in [0, 0.05) is 0 Å². The van der Waals surface area contributed by atoms with Crippen molar-refractivity contribution in [2.45, 2.75) is 58.3 Å². The van der Waals surface area contributed by atoms with Gasteiger partial charge in [0.05, 0.1) is 11.6 Å². The summed E-state index contributed by atoms with van der Waals surface area (Å²) in [5.74, 6) is 1.88. The summed E-state index contributed by atoms with van der Waals surface area (Å²) in [4.78, 5) is 0. The van der Waals surface area contributed by atoms with Gasteiger partial charge in [-0.15, -0.1) is 0 Å². The van der Waals surface area contributed by atoms with E-state index in [1.54, 1.807) is 0 Å². The molecule has 102 valence electrons. The van der Waals surface area contributed by atoms with Crippen LogP contribution in [0.3, 0.4) is 0 Å². The fourth-order valence-corrected chi connectivity index (χ4v) is 3.42. The molecular formula is C18H25N. The lowest BCUT2D eigenvalue weighted by Gasteiger charge is -2.28. The first-order valence-corrected chi connectivity index (χ1v) is 7.81. The Bertz CT molecular complexity index is 422. The van der Waals surface area contributed by atoms with Gasteiger partial charge in [0.1, 0.15) is 0 Å². The molecular weight excluding hydrogens is 230 g/mol. The van der Waals surface area contributed by atoms with Gasteiger partial charge in [-0.1, -0.05) is 63.6 Å². The van der Waals surface area contributed by atoms with Crippen LogP contribution in [-0.4, -0.2) is 0 Å². The summed E-state index contributed by atoms with van der Waals surface area (Å²) < 4.78 is 0. The van der Waals surface area contributed by atoms with Crippen LogP contribution in [0, 0.1) is 23.2 Å². The van der Waals surface area contributed by atoms with Crippen LogP contribution in [0.15, 0.2) is 24.3 Å². The molecule has 19 heavy (non-hydrogen) atoms. The van der Waals surface area contributed by atoms with Gasteiger partial charge in [0.15, 0.2) is 0 Å². The molecule has 0 bridgehead atoms. The van der Waals surface area contributed by atoms with Crippen molar-refractivity contribution >= 4 is 0 Å². The molecule has 0 atom stereocenters. The van der Waals surface area contributed by atoms with Gasteiger partial charge in [-0.05, 0) is 36.3 Å². The molecule has 1 nitrogen and oxygen atoms in total. The highest BCUT2D eigenvalue weighted by molar-refractivity contribution is 5.37. The number of hydrogen-bond donors (Lipinski definition) is 0. The van der Waals surface area contributed by atoms with Crippen molar-refractivity contribution < 1.29 is 0 Å². The van der Waals surface area contributed by atoms with E-state index >= 15 is 0 Å². The zero-order valence-electron chi connectivity index (χ0n) is 12.1. The minimum atomic E-state index is 0.863. The third-order valence-corrected chi connectivity index (χ3v) is 4.62. The molecule has 0 unspecified atom stereocenters. The van der Waals surface area contributed by atoms with Gasteiger partial charge < -0.3 is 0 Å². The van der Waals surface area contributed by atoms with E-state index in [0.717, 1.165) is 23.8 Å². The number of nitriles is 1. The van der Waals surface area contributed by atoms with Crippen molar-refractivity contribution in [3.63, 3.8) is 0 Å². The average molecular weight is 255 g/mol. The van der Waals surface area contributed by atoms with E-state index in [9.17, 15) is 0 Å². The fraction of sp³-hybridized carbons (Fsp3) is 0.611. The molecule has 0 aromatic heterocycles. The fourth-order valence-electron chi connectivity index (χ4n) is 3.42. The SMILES string of the molecule is CCCC1CCC(CCc2ccccc2C#N)CC1. The van der Waals surface area contributed by atoms with Gasteiger partial charge in [-0.25, -0.2) is 0 Å². The molecule has 1 aromatic rings. The largest absolute Gasteiger partial charge is 0.192 e. The van der Waals surface area contributed by atoms with Crippen molar-refractivity contribution in [2.75, 3.05) is 0 Å². The molecule has 0 radical (unpaired) electrons. The van der Waals surface area contributed by atoms with Crippen molar-refractivity contribution in [3.05, 3.63) is 35.4 Å². The predicted molar refractivity (Wildman–Crippen MR) is 79.8 cm³/mol. The molecule has 1 fully saturated rings. The molecule has 0 spiro atoms. The van der Waals surface area contributed by atoms with Crippen LogP contribution in [0.25, 0.3) is 0 Å². The molecule has 0 N–H and O–H groups in total. The number of aryl methyl sites for hydroxylation is 1. The second kappa shape index (κ2) is 7.34. The van der Waals surface area contributed by atoms with E-state index in [2.05, 4.69) is 19.1 Å². The average Bonchev–Trinajstić information content (AvgIpc) is 2.47. The summed E-state index contributed by atoms with van der Waals surface area (Å²) in [5.41, 5.74) is 2.10. The van der Waals surface area contributed by atoms with Crippen LogP contribution in [-0.2, 0) is 6.42 Å². The van der Waals surface area contributed by atoms with E-state index in [-0.39, 0.29) is 0 Å². The highest BCUT2D eigenvalue weighted by atomic mass is 14.3. The highest BCUT2D eigenvalue weighted by Crippen LogP contribution is 2.33. The molecule has 0 amide bonds. The highest BCUT2D eigenvalue weighted by Gasteiger charge is 2.20. The quantitative estimate of drug-likeness (QED) is 0.718. The van der Waals surface area contributed by atoms with Crippen molar-refractivity contribution in [3.8, 4) is 6.07 Å². The zero-order chi connectivity index (χ0) is 13.5. The summed E-state index contributed by atoms with van der Waals surface area (Å²) in [7, 11) is 0. The van der Waals surface area contributed by atoms with Crippen LogP contribution in [0.1, 0.15) is 63.0 Å². The number of benzene rings is 1. The van der Waals surface area contributed by atoms with E-state index < -0.39 is 0 Å². The van der Waals surface area contributed by atoms with Crippen LogP contribution in [0.5, 0.6) is 0 Å². The topological polar surface area (TPSA) is 23.8 Å². The van der Waals surface area contributed by atoms with Crippen LogP contribution in [0.4, 0.5) is 0 Å². The van der Waals surface area contributed by atoms with E-state index in [1.807, 2.05) is 18.2 Å². The van der Waals surface area contributed by atoms with E-state index in [4.69, 9.17) is 5.26 Å². The Morgan fingerprint density at radius 3 is 2.32 bits per heavy atom. The molecule has 1 aromatic carbocycles. The Hall–Kier alpha value is -1.29. The summed E-state index contributed by atoms with van der Waals surface area (Å²) >= 11 is 0. The second-order valence-electron chi connectivity index (χ2n) is 5.98. The second-order valence-corrected chi connectivity index (χ2v) is 5.98. The summed E-state index contributed by atoms with van der Waals surface area (Å²) in [6, 6.07) is 10.4. The Morgan fingerprint density at radius 2 is 1.68 bits per heavy atom. The summed E-state index contributed by atoms with van der Waals surface area (Å²) in [6.45, 7) is 2.30. The maximum atomic E-state index is 9.10. The Balaban J connectivity index is 1.79. The summed E-state index contributed by atoms with van der Waals surface area (Å²) in [6.07, 6.45) is 10.8. The number of hydrogen-bond acceptors (Lipinski definition) is 1. The predicted octanol–water partition coefficient (Wildman–Crippen LogP) is 5.10. The minimum absolute atomic E-state index is 0.863. The minimum Gasteiger partial charge on any atom is -0.192 e. The smallest absolute Gasteiger partial charge is 0.0994 e. The molecule has 1 heteroatoms. The first-order chi connectivity index (χ1) is 9.33. The Kier molecular flexibility index (Phi) is 5.45. The van der Waals surface area contributed by atoms with Crippen molar-refractivity contribution in [2.24, 2.45) is 11.8 Å². The molecule has 0 saturated heterocycles. The third kappa shape index (κ3) is 4.10. The molecule has 1 saturated carbocycles. The zero-order valence-corrected chi connectivity index (χ0v) is 12.1. The standard InChI is InChI=1S/C18H25N/c1-2-5-15-8-10-16(11-9-15)12-13-17-6-3-4-7-18(17)14-19/h3-4,6-7,15-16H,2,5,8-13H2,1H3. The lowest BCUT2D eigenvalue weighted by molar-refractivity contribution is 0.252. The molecule has 0 aliphatic heterocycles. The van der Waals surface area contributed by atoms with Gasteiger partial charge in [0.25, 0.3) is 0 Å². The first kappa shape index (κ1) is 14.1. The van der Waals surface area contributed by atoms with Gasteiger partial charge in [-0.3, -0.25) is 0 Å².